The molecular weight excluding hydrogens is 148 g/mol. The van der Waals surface area contributed by atoms with E-state index in [1.54, 1.807) is 0 Å². The van der Waals surface area contributed by atoms with Gasteiger partial charge in [0.15, 0.2) is 0 Å². The molecule has 2 atom stereocenters. The van der Waals surface area contributed by atoms with Crippen LogP contribution in [0.1, 0.15) is 12.8 Å². The van der Waals surface area contributed by atoms with Crippen molar-refractivity contribution in [2.24, 2.45) is 23.7 Å². The number of ketones is 1. The largest absolute Gasteiger partial charge is 0.299 e. The van der Waals surface area contributed by atoms with Gasteiger partial charge in [-0.3, -0.25) is 4.79 Å². The molecular formula is C11H12O. The molecule has 0 aromatic rings. The average Bonchev–Trinajstić information content (AvgIpc) is 2.37. The highest BCUT2D eigenvalue weighted by Crippen LogP contribution is 2.55. The van der Waals surface area contributed by atoms with Crippen LogP contribution >= 0.6 is 0 Å². The van der Waals surface area contributed by atoms with E-state index in [-0.39, 0.29) is 0 Å². The van der Waals surface area contributed by atoms with Crippen LogP contribution in [0.3, 0.4) is 0 Å². The van der Waals surface area contributed by atoms with E-state index in [0.29, 0.717) is 23.5 Å². The lowest BCUT2D eigenvalue weighted by Gasteiger charge is -2.52. The molecule has 0 spiro atoms. The minimum Gasteiger partial charge on any atom is -0.299 e. The van der Waals surface area contributed by atoms with E-state index in [1.807, 2.05) is 0 Å². The second-order valence-electron chi connectivity index (χ2n) is 4.12. The number of carbonyl (C=O) groups is 1. The van der Waals surface area contributed by atoms with Crippen molar-refractivity contribution in [2.45, 2.75) is 12.8 Å². The maximum atomic E-state index is 11.5. The van der Waals surface area contributed by atoms with E-state index >= 15 is 0 Å². The van der Waals surface area contributed by atoms with Crippen molar-refractivity contribution >= 4 is 5.78 Å². The molecule has 0 amide bonds. The van der Waals surface area contributed by atoms with Gasteiger partial charge in [0.05, 0.1) is 0 Å². The summed E-state index contributed by atoms with van der Waals surface area (Å²) in [5.74, 6) is 2.84. The van der Waals surface area contributed by atoms with E-state index in [4.69, 9.17) is 0 Å². The summed E-state index contributed by atoms with van der Waals surface area (Å²) in [5, 5.41) is 0. The van der Waals surface area contributed by atoms with Gasteiger partial charge in [-0.05, 0) is 24.2 Å². The van der Waals surface area contributed by atoms with Gasteiger partial charge in [0.25, 0.3) is 0 Å². The number of rotatable bonds is 0. The summed E-state index contributed by atoms with van der Waals surface area (Å²) in [6.07, 6.45) is 10.6. The summed E-state index contributed by atoms with van der Waals surface area (Å²) >= 11 is 0. The van der Waals surface area contributed by atoms with Crippen LogP contribution in [0.2, 0.25) is 0 Å². The Balaban J connectivity index is 2.02. The predicted octanol–water partition coefficient (Wildman–Crippen LogP) is 1.95. The fourth-order valence-electron chi connectivity index (χ4n) is 3.10. The van der Waals surface area contributed by atoms with Gasteiger partial charge in [0.1, 0.15) is 5.78 Å². The zero-order valence-corrected chi connectivity index (χ0v) is 6.94. The molecule has 62 valence electrons. The number of hydrogen-bond acceptors (Lipinski definition) is 1. The molecule has 12 heavy (non-hydrogen) atoms. The summed E-state index contributed by atoms with van der Waals surface area (Å²) in [7, 11) is 0. The van der Waals surface area contributed by atoms with Crippen LogP contribution in [0.4, 0.5) is 0 Å². The second-order valence-corrected chi connectivity index (χ2v) is 4.12. The quantitative estimate of drug-likeness (QED) is 0.529. The first-order valence-electron chi connectivity index (χ1n) is 4.75. The summed E-state index contributed by atoms with van der Waals surface area (Å²) < 4.78 is 0. The highest BCUT2D eigenvalue weighted by molar-refractivity contribution is 5.85. The Labute approximate surface area is 72.2 Å². The zero-order chi connectivity index (χ0) is 8.13. The topological polar surface area (TPSA) is 17.1 Å². The van der Waals surface area contributed by atoms with Crippen LogP contribution in [-0.2, 0) is 4.79 Å². The van der Waals surface area contributed by atoms with Crippen LogP contribution in [0.5, 0.6) is 0 Å². The summed E-state index contributed by atoms with van der Waals surface area (Å²) in [4.78, 5) is 11.5. The molecule has 2 unspecified atom stereocenters. The highest BCUT2D eigenvalue weighted by Gasteiger charge is 2.54. The van der Waals surface area contributed by atoms with E-state index in [0.717, 1.165) is 18.8 Å². The third kappa shape index (κ3) is 0.626. The maximum absolute atomic E-state index is 11.5. The predicted molar refractivity (Wildman–Crippen MR) is 46.5 cm³/mol. The summed E-state index contributed by atoms with van der Waals surface area (Å²) in [6.45, 7) is 0. The van der Waals surface area contributed by atoms with E-state index in [1.165, 1.54) is 0 Å². The Bertz CT molecular complexity index is 267. The molecule has 4 rings (SSSR count). The molecule has 0 N–H and O–H groups in total. The lowest BCUT2D eigenvalue weighted by Crippen LogP contribution is -2.52. The number of hydrogen-bond donors (Lipinski definition) is 0. The van der Waals surface area contributed by atoms with Gasteiger partial charge < -0.3 is 0 Å². The molecule has 0 aromatic carbocycles. The lowest BCUT2D eigenvalue weighted by molar-refractivity contribution is -0.140. The molecule has 0 saturated heterocycles. The highest BCUT2D eigenvalue weighted by atomic mass is 16.1. The van der Waals surface area contributed by atoms with Crippen LogP contribution < -0.4 is 0 Å². The zero-order valence-electron chi connectivity index (χ0n) is 6.94. The van der Waals surface area contributed by atoms with Crippen molar-refractivity contribution in [3.8, 4) is 0 Å². The molecule has 0 aromatic heterocycles. The monoisotopic (exact) mass is 160 g/mol. The molecule has 1 nitrogen and oxygen atoms in total. The number of carbonyl (C=O) groups excluding carboxylic acids is 1. The van der Waals surface area contributed by atoms with Crippen LogP contribution in [0.25, 0.3) is 0 Å². The molecule has 4 aliphatic carbocycles. The van der Waals surface area contributed by atoms with Gasteiger partial charge in [-0.1, -0.05) is 24.3 Å². The van der Waals surface area contributed by atoms with Crippen LogP contribution in [0, 0.1) is 23.7 Å². The van der Waals surface area contributed by atoms with Crippen molar-refractivity contribution in [1.29, 1.82) is 0 Å². The molecule has 1 heteroatoms. The van der Waals surface area contributed by atoms with E-state index in [9.17, 15) is 4.79 Å². The third-order valence-electron chi connectivity index (χ3n) is 3.69. The van der Waals surface area contributed by atoms with Crippen molar-refractivity contribution < 1.29 is 4.79 Å². The summed E-state index contributed by atoms with van der Waals surface area (Å²) in [5.41, 5.74) is 0. The summed E-state index contributed by atoms with van der Waals surface area (Å²) in [6, 6.07) is 0. The third-order valence-corrected chi connectivity index (χ3v) is 3.69. The minimum absolute atomic E-state index is 0.360. The molecule has 0 radical (unpaired) electrons. The fourth-order valence-corrected chi connectivity index (χ4v) is 3.10. The Morgan fingerprint density at radius 3 is 2.42 bits per heavy atom. The number of allylic oxidation sites excluding steroid dienone is 4. The molecule has 0 aliphatic heterocycles. The molecule has 3 saturated carbocycles. The SMILES string of the molecule is O=C1CCC2C3C=CC=CC2C13. The van der Waals surface area contributed by atoms with Gasteiger partial charge in [-0.25, -0.2) is 0 Å². The smallest absolute Gasteiger partial charge is 0.137 e. The van der Waals surface area contributed by atoms with Crippen molar-refractivity contribution in [3.05, 3.63) is 24.3 Å². The molecule has 4 aliphatic rings. The molecule has 3 fully saturated rings. The average molecular weight is 160 g/mol. The van der Waals surface area contributed by atoms with Crippen molar-refractivity contribution in [3.63, 3.8) is 0 Å². The van der Waals surface area contributed by atoms with E-state index < -0.39 is 0 Å². The van der Waals surface area contributed by atoms with Crippen LogP contribution in [-0.4, -0.2) is 5.78 Å². The molecule has 4 bridgehead atoms. The Morgan fingerprint density at radius 2 is 1.83 bits per heavy atom. The molecule has 0 heterocycles. The second kappa shape index (κ2) is 2.09. The van der Waals surface area contributed by atoms with Crippen molar-refractivity contribution in [1.82, 2.24) is 0 Å². The normalized spacial score (nSPS) is 48.5. The standard InChI is InChI=1S/C11H12O/c12-10-6-5-7-8-3-1-2-4-9(7)11(8)10/h1-4,7-9,11H,5-6H2. The Morgan fingerprint density at radius 1 is 1.17 bits per heavy atom. The Kier molecular flexibility index (Phi) is 1.16. The minimum atomic E-state index is 0.360. The van der Waals surface area contributed by atoms with Crippen LogP contribution in [0.15, 0.2) is 24.3 Å². The van der Waals surface area contributed by atoms with Crippen molar-refractivity contribution in [2.75, 3.05) is 0 Å². The van der Waals surface area contributed by atoms with Gasteiger partial charge in [0.2, 0.25) is 0 Å². The lowest BCUT2D eigenvalue weighted by atomic mass is 9.50. The first kappa shape index (κ1) is 6.64. The Hall–Kier alpha value is -0.850. The number of fused-ring (bicyclic) bond motifs is 2. The first-order chi connectivity index (χ1) is 5.88. The maximum Gasteiger partial charge on any atom is 0.137 e. The number of Topliss-reactive ketones (excluding diaryl/α,β-unsaturated/α-hetero) is 1. The fraction of sp³-hybridized carbons (Fsp3) is 0.545. The van der Waals surface area contributed by atoms with E-state index in [2.05, 4.69) is 24.3 Å². The van der Waals surface area contributed by atoms with Gasteiger partial charge in [-0.15, -0.1) is 0 Å². The van der Waals surface area contributed by atoms with Gasteiger partial charge in [-0.2, -0.15) is 0 Å². The van der Waals surface area contributed by atoms with Gasteiger partial charge in [0, 0.05) is 12.3 Å². The first-order valence-corrected chi connectivity index (χ1v) is 4.75. The van der Waals surface area contributed by atoms with Gasteiger partial charge >= 0.3 is 0 Å².